The molecule has 0 radical (unpaired) electrons. The summed E-state index contributed by atoms with van der Waals surface area (Å²) < 4.78 is 10.9. The monoisotopic (exact) mass is 443 g/mol. The van der Waals surface area contributed by atoms with E-state index in [9.17, 15) is 24.3 Å². The van der Waals surface area contributed by atoms with Gasteiger partial charge in [-0.05, 0) is 49.3 Å². The van der Waals surface area contributed by atoms with Crippen molar-refractivity contribution in [3.63, 3.8) is 0 Å². The Kier molecular flexibility index (Phi) is 7.50. The average molecular weight is 443 g/mol. The summed E-state index contributed by atoms with van der Waals surface area (Å²) in [6, 6.07) is 3.97. The van der Waals surface area contributed by atoms with Crippen LogP contribution in [-0.4, -0.2) is 37.0 Å². The summed E-state index contributed by atoms with van der Waals surface area (Å²) in [7, 11) is 0. The van der Waals surface area contributed by atoms with Crippen molar-refractivity contribution >= 4 is 28.8 Å². The molecule has 0 saturated heterocycles. The van der Waals surface area contributed by atoms with Crippen molar-refractivity contribution in [3.8, 4) is 5.75 Å². The molecule has 1 aliphatic carbocycles. The van der Waals surface area contributed by atoms with Crippen LogP contribution in [0.25, 0.3) is 11.0 Å². The van der Waals surface area contributed by atoms with Crippen LogP contribution in [0.1, 0.15) is 44.2 Å². The van der Waals surface area contributed by atoms with Crippen LogP contribution in [0.5, 0.6) is 5.75 Å². The summed E-state index contributed by atoms with van der Waals surface area (Å²) in [5.41, 5.74) is 1.83. The number of carboxylic acids is 1. The van der Waals surface area contributed by atoms with E-state index in [1.54, 1.807) is 26.0 Å². The molecule has 1 heterocycles. The number of hydrogen-bond donors (Lipinski definition) is 2. The predicted molar refractivity (Wildman–Crippen MR) is 114 cm³/mol. The highest BCUT2D eigenvalue weighted by atomic mass is 16.5. The molecule has 2 aromatic rings. The molecule has 9 heteroatoms. The quantitative estimate of drug-likeness (QED) is 0.537. The molecule has 32 heavy (non-hydrogen) atoms. The van der Waals surface area contributed by atoms with Gasteiger partial charge in [-0.1, -0.05) is 20.3 Å². The summed E-state index contributed by atoms with van der Waals surface area (Å²) in [6.45, 7) is 2.75. The maximum atomic E-state index is 12.2. The number of carbonyl (C=O) groups is 3. The molecule has 0 spiro atoms. The standard InChI is InChI=1S/C23H28N2O7/c1-3-13(2)21(22(28)29)25-19(26)11-24-20(27)12-31-14-8-9-16-15-6-4-5-7-17(15)23(30)32-18(16)10-14/h8-10,13,21H,3-7,11-12H2,1-2H3,(H,24,27)(H,25,26)(H,28,29)/p-1/t13-,21-/m0/s1. The first-order chi connectivity index (χ1) is 15.3. The van der Waals surface area contributed by atoms with Crippen LogP contribution >= 0.6 is 0 Å². The predicted octanol–water partition coefficient (Wildman–Crippen LogP) is 0.448. The Labute approximate surface area is 185 Å². The van der Waals surface area contributed by atoms with Gasteiger partial charge in [0.25, 0.3) is 5.91 Å². The van der Waals surface area contributed by atoms with Gasteiger partial charge in [0, 0.05) is 17.0 Å². The zero-order valence-corrected chi connectivity index (χ0v) is 18.2. The van der Waals surface area contributed by atoms with Gasteiger partial charge >= 0.3 is 5.63 Å². The highest BCUT2D eigenvalue weighted by Crippen LogP contribution is 2.29. The Balaban J connectivity index is 1.55. The van der Waals surface area contributed by atoms with Gasteiger partial charge in [-0.25, -0.2) is 4.79 Å². The van der Waals surface area contributed by atoms with Crippen LogP contribution in [0.3, 0.4) is 0 Å². The number of hydrogen-bond acceptors (Lipinski definition) is 7. The van der Waals surface area contributed by atoms with Gasteiger partial charge in [0.05, 0.1) is 18.6 Å². The molecule has 0 fully saturated rings. The number of benzene rings is 1. The van der Waals surface area contributed by atoms with E-state index >= 15 is 0 Å². The average Bonchev–Trinajstić information content (AvgIpc) is 2.79. The highest BCUT2D eigenvalue weighted by molar-refractivity contribution is 5.88. The van der Waals surface area contributed by atoms with Gasteiger partial charge in [0.15, 0.2) is 6.61 Å². The van der Waals surface area contributed by atoms with Crippen molar-refractivity contribution in [2.45, 2.75) is 52.0 Å². The number of aliphatic carboxylic acids is 1. The van der Waals surface area contributed by atoms with E-state index in [-0.39, 0.29) is 24.7 Å². The van der Waals surface area contributed by atoms with E-state index in [4.69, 9.17) is 9.15 Å². The van der Waals surface area contributed by atoms with Crippen LogP contribution in [0.15, 0.2) is 27.4 Å². The van der Waals surface area contributed by atoms with Crippen molar-refractivity contribution in [2.75, 3.05) is 13.2 Å². The molecule has 2 N–H and O–H groups in total. The topological polar surface area (TPSA) is 138 Å². The molecular weight excluding hydrogens is 416 g/mol. The minimum atomic E-state index is -1.37. The number of carbonyl (C=O) groups excluding carboxylic acids is 3. The first kappa shape index (κ1) is 23.3. The molecule has 1 aromatic heterocycles. The third-order valence-electron chi connectivity index (χ3n) is 5.79. The summed E-state index contributed by atoms with van der Waals surface area (Å²) >= 11 is 0. The minimum absolute atomic E-state index is 0.304. The normalized spacial score (nSPS) is 14.8. The Morgan fingerprint density at radius 3 is 2.56 bits per heavy atom. The second-order valence-electron chi connectivity index (χ2n) is 8.03. The maximum absolute atomic E-state index is 12.2. The van der Waals surface area contributed by atoms with E-state index in [0.717, 1.165) is 42.2 Å². The van der Waals surface area contributed by atoms with Crippen LogP contribution in [0, 0.1) is 5.92 Å². The molecule has 0 aliphatic heterocycles. The second-order valence-corrected chi connectivity index (χ2v) is 8.03. The zero-order chi connectivity index (χ0) is 23.3. The largest absolute Gasteiger partial charge is 0.548 e. The van der Waals surface area contributed by atoms with Gasteiger partial charge < -0.3 is 29.7 Å². The number of rotatable bonds is 9. The summed E-state index contributed by atoms with van der Waals surface area (Å²) in [5, 5.41) is 16.8. The molecule has 0 saturated carbocycles. The fourth-order valence-electron chi connectivity index (χ4n) is 3.79. The van der Waals surface area contributed by atoms with Crippen molar-refractivity contribution in [1.29, 1.82) is 0 Å². The molecule has 1 aromatic carbocycles. The molecule has 0 unspecified atom stereocenters. The fraction of sp³-hybridized carbons (Fsp3) is 0.478. The maximum Gasteiger partial charge on any atom is 0.339 e. The van der Waals surface area contributed by atoms with Gasteiger partial charge in [-0.15, -0.1) is 0 Å². The van der Waals surface area contributed by atoms with Gasteiger partial charge in [0.1, 0.15) is 11.3 Å². The first-order valence-electron chi connectivity index (χ1n) is 10.8. The first-order valence-corrected chi connectivity index (χ1v) is 10.8. The number of aryl methyl sites for hydroxylation is 1. The number of ether oxygens (including phenoxy) is 1. The van der Waals surface area contributed by atoms with Crippen LogP contribution in [-0.2, 0) is 27.2 Å². The van der Waals surface area contributed by atoms with Crippen molar-refractivity contribution in [3.05, 3.63) is 39.7 Å². The highest BCUT2D eigenvalue weighted by Gasteiger charge is 2.20. The zero-order valence-electron chi connectivity index (χ0n) is 18.2. The smallest absolute Gasteiger partial charge is 0.339 e. The Morgan fingerprint density at radius 1 is 1.16 bits per heavy atom. The van der Waals surface area contributed by atoms with Gasteiger partial charge in [0.2, 0.25) is 5.91 Å². The lowest BCUT2D eigenvalue weighted by Gasteiger charge is -2.25. The van der Waals surface area contributed by atoms with Crippen molar-refractivity contribution in [1.82, 2.24) is 10.6 Å². The van der Waals surface area contributed by atoms with E-state index in [1.165, 1.54) is 0 Å². The number of fused-ring (bicyclic) bond motifs is 3. The lowest BCUT2D eigenvalue weighted by molar-refractivity contribution is -0.309. The molecule has 1 aliphatic rings. The fourth-order valence-corrected chi connectivity index (χ4v) is 3.79. The van der Waals surface area contributed by atoms with E-state index in [2.05, 4.69) is 10.6 Å². The molecule has 2 amide bonds. The Bertz CT molecular complexity index is 1080. The third kappa shape index (κ3) is 5.46. The van der Waals surface area contributed by atoms with E-state index in [0.29, 0.717) is 17.8 Å². The lowest BCUT2D eigenvalue weighted by Crippen LogP contribution is -2.53. The molecule has 9 nitrogen and oxygen atoms in total. The molecule has 0 bridgehead atoms. The number of nitrogens with one attached hydrogen (secondary N) is 2. The van der Waals surface area contributed by atoms with Gasteiger partial charge in [-0.2, -0.15) is 0 Å². The lowest BCUT2D eigenvalue weighted by atomic mass is 9.91. The second kappa shape index (κ2) is 10.3. The SMILES string of the molecule is CC[C@H](C)[C@H](NC(=O)CNC(=O)COc1ccc2c3c(c(=O)oc2c1)CCCC3)C(=O)[O-]. The van der Waals surface area contributed by atoms with Crippen molar-refractivity contribution < 1.29 is 28.6 Å². The Hall–Kier alpha value is -3.36. The van der Waals surface area contributed by atoms with E-state index in [1.807, 2.05) is 6.07 Å². The molecule has 3 rings (SSSR count). The van der Waals surface area contributed by atoms with Crippen LogP contribution in [0.2, 0.25) is 0 Å². The summed E-state index contributed by atoms with van der Waals surface area (Å²) in [6.07, 6.45) is 4.11. The van der Waals surface area contributed by atoms with Crippen LogP contribution in [0.4, 0.5) is 0 Å². The minimum Gasteiger partial charge on any atom is -0.548 e. The van der Waals surface area contributed by atoms with Crippen LogP contribution < -0.4 is 26.1 Å². The summed E-state index contributed by atoms with van der Waals surface area (Å²) in [4.78, 5) is 47.4. The third-order valence-corrected chi connectivity index (χ3v) is 5.79. The van der Waals surface area contributed by atoms with Crippen molar-refractivity contribution in [2.24, 2.45) is 5.92 Å². The van der Waals surface area contributed by atoms with E-state index < -0.39 is 23.8 Å². The van der Waals surface area contributed by atoms with Gasteiger partial charge in [-0.3, -0.25) is 9.59 Å². The number of carboxylic acid groups (broad SMARTS) is 1. The molecule has 2 atom stereocenters. The Morgan fingerprint density at radius 2 is 1.88 bits per heavy atom. The summed E-state index contributed by atoms with van der Waals surface area (Å²) in [5.74, 6) is -2.51. The molecular formula is C23H27N2O7-. The molecule has 172 valence electrons. The number of amides is 2.